The van der Waals surface area contributed by atoms with Crippen molar-refractivity contribution in [1.82, 2.24) is 9.88 Å². The minimum Gasteiger partial charge on any atom is -0.478 e. The fourth-order valence-electron chi connectivity index (χ4n) is 4.53. The number of para-hydroxylation sites is 1. The monoisotopic (exact) mass is 404 g/mol. The summed E-state index contributed by atoms with van der Waals surface area (Å²) in [7, 11) is 0. The second-order valence-electron chi connectivity index (χ2n) is 8.34. The Morgan fingerprint density at radius 1 is 1.23 bits per heavy atom. The second-order valence-corrected chi connectivity index (χ2v) is 8.34. The maximum absolute atomic E-state index is 10.8. The number of carboxylic acids is 1. The predicted octanol–water partition coefficient (Wildman–Crippen LogP) is 4.23. The number of hydrogen-bond acceptors (Lipinski definition) is 3. The SMILES string of the molecule is C[C@H](CO)CN1[C@H](c2ccc(/C=C/C(=O)O)cc2)c2[nH]c3ccccc3c2C[C@H]1C. The van der Waals surface area contributed by atoms with Gasteiger partial charge in [-0.15, -0.1) is 0 Å². The summed E-state index contributed by atoms with van der Waals surface area (Å²) in [5.41, 5.74) is 5.75. The molecule has 5 nitrogen and oxygen atoms in total. The second kappa shape index (κ2) is 8.46. The smallest absolute Gasteiger partial charge is 0.328 e. The highest BCUT2D eigenvalue weighted by Gasteiger charge is 2.36. The Kier molecular flexibility index (Phi) is 5.75. The number of benzene rings is 2. The number of aliphatic carboxylic acids is 1. The van der Waals surface area contributed by atoms with Crippen LogP contribution in [0.2, 0.25) is 0 Å². The lowest BCUT2D eigenvalue weighted by atomic mass is 9.87. The van der Waals surface area contributed by atoms with E-state index >= 15 is 0 Å². The van der Waals surface area contributed by atoms with E-state index in [1.807, 2.05) is 12.1 Å². The molecule has 3 atom stereocenters. The van der Waals surface area contributed by atoms with Crippen molar-refractivity contribution < 1.29 is 15.0 Å². The Balaban J connectivity index is 1.79. The van der Waals surface area contributed by atoms with Crippen molar-refractivity contribution in [1.29, 1.82) is 0 Å². The molecule has 1 aliphatic heterocycles. The molecule has 0 spiro atoms. The molecule has 5 heteroatoms. The number of aromatic amines is 1. The van der Waals surface area contributed by atoms with E-state index in [-0.39, 0.29) is 18.6 Å². The Labute approximate surface area is 176 Å². The molecular weight excluding hydrogens is 376 g/mol. The van der Waals surface area contributed by atoms with Crippen LogP contribution >= 0.6 is 0 Å². The minimum atomic E-state index is -0.952. The fourth-order valence-corrected chi connectivity index (χ4v) is 4.53. The molecule has 1 aromatic heterocycles. The van der Waals surface area contributed by atoms with Crippen LogP contribution in [0.5, 0.6) is 0 Å². The molecule has 1 aliphatic rings. The van der Waals surface area contributed by atoms with E-state index in [4.69, 9.17) is 5.11 Å². The number of rotatable bonds is 6. The Bertz CT molecular complexity index is 1070. The molecule has 0 fully saturated rings. The van der Waals surface area contributed by atoms with Gasteiger partial charge in [0.25, 0.3) is 0 Å². The van der Waals surface area contributed by atoms with Crippen LogP contribution in [0.3, 0.4) is 0 Å². The molecular formula is C25H28N2O3. The molecule has 4 rings (SSSR count). The molecule has 156 valence electrons. The van der Waals surface area contributed by atoms with Gasteiger partial charge in [-0.05, 0) is 48.1 Å². The van der Waals surface area contributed by atoms with Crippen molar-refractivity contribution in [2.75, 3.05) is 13.2 Å². The zero-order valence-corrected chi connectivity index (χ0v) is 17.4. The Morgan fingerprint density at radius 2 is 1.97 bits per heavy atom. The number of aromatic nitrogens is 1. The first-order valence-electron chi connectivity index (χ1n) is 10.4. The number of nitrogens with one attached hydrogen (secondary N) is 1. The van der Waals surface area contributed by atoms with Gasteiger partial charge in [0.05, 0.1) is 6.04 Å². The van der Waals surface area contributed by atoms with E-state index in [1.54, 1.807) is 6.08 Å². The largest absolute Gasteiger partial charge is 0.478 e. The van der Waals surface area contributed by atoms with E-state index in [0.717, 1.165) is 35.7 Å². The summed E-state index contributed by atoms with van der Waals surface area (Å²) in [6.45, 7) is 5.29. The minimum absolute atomic E-state index is 0.0580. The normalized spacial score (nSPS) is 20.5. The number of fused-ring (bicyclic) bond motifs is 3. The first-order valence-corrected chi connectivity index (χ1v) is 10.4. The molecule has 0 saturated heterocycles. The third kappa shape index (κ3) is 3.91. The number of carbonyl (C=O) groups is 1. The molecule has 0 unspecified atom stereocenters. The number of H-pyrrole nitrogens is 1. The summed E-state index contributed by atoms with van der Waals surface area (Å²) in [6.07, 6.45) is 3.73. The van der Waals surface area contributed by atoms with Crippen LogP contribution < -0.4 is 0 Å². The van der Waals surface area contributed by atoms with Crippen molar-refractivity contribution in [2.24, 2.45) is 5.92 Å². The lowest BCUT2D eigenvalue weighted by Crippen LogP contribution is -2.45. The van der Waals surface area contributed by atoms with Gasteiger partial charge in [0.1, 0.15) is 0 Å². The third-order valence-corrected chi connectivity index (χ3v) is 6.02. The van der Waals surface area contributed by atoms with Gasteiger partial charge < -0.3 is 15.2 Å². The molecule has 30 heavy (non-hydrogen) atoms. The highest BCUT2D eigenvalue weighted by Crippen LogP contribution is 2.41. The van der Waals surface area contributed by atoms with Crippen LogP contribution in [0.1, 0.15) is 42.3 Å². The first kappa shape index (κ1) is 20.4. The summed E-state index contributed by atoms with van der Waals surface area (Å²) < 4.78 is 0. The average molecular weight is 405 g/mol. The van der Waals surface area contributed by atoms with E-state index in [2.05, 4.69) is 60.1 Å². The zero-order chi connectivity index (χ0) is 21.3. The summed E-state index contributed by atoms with van der Waals surface area (Å²) in [6, 6.07) is 16.9. The summed E-state index contributed by atoms with van der Waals surface area (Å²) >= 11 is 0. The van der Waals surface area contributed by atoms with Gasteiger partial charge in [0.2, 0.25) is 0 Å². The number of nitrogens with zero attached hydrogens (tertiary/aromatic N) is 1. The molecule has 0 amide bonds. The molecule has 0 saturated carbocycles. The van der Waals surface area contributed by atoms with Crippen LogP contribution in [0.4, 0.5) is 0 Å². The van der Waals surface area contributed by atoms with Gasteiger partial charge >= 0.3 is 5.97 Å². The van der Waals surface area contributed by atoms with E-state index < -0.39 is 5.97 Å². The third-order valence-electron chi connectivity index (χ3n) is 6.02. The average Bonchev–Trinajstić information content (AvgIpc) is 3.11. The standard InChI is InChI=1S/C25H28N2O3/c1-16(15-28)14-27-17(2)13-21-20-5-3-4-6-22(20)26-24(21)25(27)19-10-7-18(8-11-19)9-12-23(29)30/h3-12,16-17,25-26,28H,13-15H2,1-2H3,(H,29,30)/b12-9+/t16-,17+,25+/m0/s1. The lowest BCUT2D eigenvalue weighted by molar-refractivity contribution is -0.131. The highest BCUT2D eigenvalue weighted by molar-refractivity contribution is 5.86. The molecule has 0 aliphatic carbocycles. The van der Waals surface area contributed by atoms with Crippen LogP contribution in [-0.4, -0.2) is 45.3 Å². The molecule has 3 aromatic rings. The summed E-state index contributed by atoms with van der Waals surface area (Å²) in [5, 5.41) is 19.8. The number of aliphatic hydroxyl groups is 1. The van der Waals surface area contributed by atoms with Crippen molar-refractivity contribution in [3.63, 3.8) is 0 Å². The number of hydrogen-bond donors (Lipinski definition) is 3. The van der Waals surface area contributed by atoms with Crippen molar-refractivity contribution >= 4 is 22.9 Å². The van der Waals surface area contributed by atoms with Crippen molar-refractivity contribution in [2.45, 2.75) is 32.4 Å². The maximum atomic E-state index is 10.8. The van der Waals surface area contributed by atoms with E-state index in [9.17, 15) is 9.90 Å². The van der Waals surface area contributed by atoms with Crippen LogP contribution in [0.25, 0.3) is 17.0 Å². The van der Waals surface area contributed by atoms with Gasteiger partial charge in [0.15, 0.2) is 0 Å². The molecule has 2 aromatic carbocycles. The maximum Gasteiger partial charge on any atom is 0.328 e. The highest BCUT2D eigenvalue weighted by atomic mass is 16.4. The van der Waals surface area contributed by atoms with Gasteiger partial charge in [-0.25, -0.2) is 4.79 Å². The van der Waals surface area contributed by atoms with Gasteiger partial charge in [-0.1, -0.05) is 49.4 Å². The molecule has 0 radical (unpaired) electrons. The lowest BCUT2D eigenvalue weighted by Gasteiger charge is -2.42. The first-order chi connectivity index (χ1) is 14.5. The van der Waals surface area contributed by atoms with Crippen LogP contribution in [-0.2, 0) is 11.2 Å². The van der Waals surface area contributed by atoms with Gasteiger partial charge in [-0.3, -0.25) is 4.90 Å². The van der Waals surface area contributed by atoms with E-state index in [0.29, 0.717) is 6.04 Å². The Hall–Kier alpha value is -2.89. The number of aliphatic hydroxyl groups excluding tert-OH is 1. The molecule has 3 N–H and O–H groups in total. The topological polar surface area (TPSA) is 76.6 Å². The quantitative estimate of drug-likeness (QED) is 0.538. The van der Waals surface area contributed by atoms with Gasteiger partial charge in [0, 0.05) is 41.9 Å². The fraction of sp³-hybridized carbons (Fsp3) is 0.320. The van der Waals surface area contributed by atoms with Crippen LogP contribution in [0, 0.1) is 5.92 Å². The molecule has 2 heterocycles. The van der Waals surface area contributed by atoms with E-state index in [1.165, 1.54) is 16.6 Å². The van der Waals surface area contributed by atoms with Gasteiger partial charge in [-0.2, -0.15) is 0 Å². The predicted molar refractivity (Wildman–Crippen MR) is 119 cm³/mol. The Morgan fingerprint density at radius 3 is 2.67 bits per heavy atom. The van der Waals surface area contributed by atoms with Crippen LogP contribution in [0.15, 0.2) is 54.6 Å². The van der Waals surface area contributed by atoms with Crippen molar-refractivity contribution in [3.8, 4) is 0 Å². The summed E-state index contributed by atoms with van der Waals surface area (Å²) in [4.78, 5) is 16.9. The molecule has 0 bridgehead atoms. The number of carboxylic acid groups (broad SMARTS) is 1. The van der Waals surface area contributed by atoms with Crippen molar-refractivity contribution in [3.05, 3.63) is 77.0 Å². The zero-order valence-electron chi connectivity index (χ0n) is 17.4. The summed E-state index contributed by atoms with van der Waals surface area (Å²) in [5.74, 6) is -0.772.